The molecule has 5 unspecified atom stereocenters. The van der Waals surface area contributed by atoms with Crippen LogP contribution in [0.2, 0.25) is 0 Å². The van der Waals surface area contributed by atoms with E-state index in [4.69, 9.17) is 0 Å². The van der Waals surface area contributed by atoms with Gasteiger partial charge in [0.25, 0.3) is 0 Å². The average Bonchev–Trinajstić information content (AvgIpc) is 1.47. The zero-order valence-electron chi connectivity index (χ0n) is 48.8. The topological polar surface area (TPSA) is 0 Å². The highest BCUT2D eigenvalue weighted by molar-refractivity contribution is 7.64. The molecule has 0 nitrogen and oxygen atoms in total. The van der Waals surface area contributed by atoms with Crippen molar-refractivity contribution in [1.82, 2.24) is 0 Å². The van der Waals surface area contributed by atoms with Crippen molar-refractivity contribution >= 4 is 19.4 Å². The van der Waals surface area contributed by atoms with Crippen LogP contribution >= 0.6 is 7.92 Å². The van der Waals surface area contributed by atoms with Crippen molar-refractivity contribution in [3.63, 3.8) is 0 Å². The summed E-state index contributed by atoms with van der Waals surface area (Å²) in [5, 5.41) is -0.598. The Bertz CT molecular complexity index is 4740. The van der Waals surface area contributed by atoms with Crippen LogP contribution in [0.5, 0.6) is 0 Å². The van der Waals surface area contributed by atoms with Crippen LogP contribution in [0.1, 0.15) is 86.7 Å². The zero-order chi connectivity index (χ0) is 75.6. The molecule has 0 spiro atoms. The Morgan fingerprint density at radius 3 is 0.716 bits per heavy atom. The van der Waals surface area contributed by atoms with Gasteiger partial charge in [0.1, 0.15) is 10.9 Å². The molecule has 0 amide bonds. The Morgan fingerprint density at radius 1 is 0.275 bits per heavy atom. The van der Waals surface area contributed by atoms with Gasteiger partial charge in [-0.15, -0.1) is 23.3 Å². The molecule has 38 heteroatoms. The molecule has 0 aliphatic heterocycles. The molecule has 102 heavy (non-hydrogen) atoms. The molecular weight excluding hydrogens is 1490 g/mol. The van der Waals surface area contributed by atoms with Gasteiger partial charge in [0.2, 0.25) is 0 Å². The Hall–Kier alpha value is -9.05. The quantitative estimate of drug-likeness (QED) is 0.0468. The van der Waals surface area contributed by atoms with Crippen molar-refractivity contribution < 1.29 is 158 Å². The second kappa shape index (κ2) is 24.0. The first-order valence-corrected chi connectivity index (χ1v) is 30.4. The molecule has 13 rings (SSSR count). The second-order valence-electron chi connectivity index (χ2n) is 23.6. The van der Waals surface area contributed by atoms with Gasteiger partial charge in [0.05, 0.1) is 19.0 Å². The summed E-state index contributed by atoms with van der Waals surface area (Å²) in [5.41, 5.74) is -40.5. The van der Waals surface area contributed by atoms with Crippen LogP contribution < -0.4 is 5.30 Å². The molecule has 0 fully saturated rings. The molecule has 4 aliphatic rings. The molecule has 9 aromatic rings. The lowest BCUT2D eigenvalue weighted by Crippen LogP contribution is -2.59. The minimum absolute atomic E-state index is 0.323. The van der Waals surface area contributed by atoms with E-state index >= 15 is 123 Å². The lowest BCUT2D eigenvalue weighted by atomic mass is 9.01. The van der Waals surface area contributed by atoms with E-state index in [1.807, 2.05) is 0 Å². The van der Waals surface area contributed by atoms with Crippen molar-refractivity contribution in [3.8, 4) is 44.5 Å². The fraction of sp³-hybridized carbons (Fsp3) is 0.156. The van der Waals surface area contributed by atoms with E-state index in [9.17, 15) is 35.1 Å². The predicted molar refractivity (Wildman–Crippen MR) is 285 cm³/mol. The monoisotopic (exact) mass is 1510 g/mol. The number of hydrogen-bond donors (Lipinski definition) is 0. The minimum Gasteiger partial charge on any atom is -0.204 e. The minimum atomic E-state index is -6.62. The van der Waals surface area contributed by atoms with E-state index < -0.39 is 354 Å². The lowest BCUT2D eigenvalue weighted by Gasteiger charge is -2.60. The maximum Gasteiger partial charge on any atom is 0.458 e. The first-order chi connectivity index (χ1) is 47.4. The Balaban J connectivity index is 0.000000403. The van der Waals surface area contributed by atoms with Crippen LogP contribution in [0.25, 0.3) is 44.5 Å². The molecule has 0 aromatic heterocycles. The maximum absolute atomic E-state index is 17.7. The molecule has 0 radical (unpaired) electrons. The molecule has 536 valence electrons. The van der Waals surface area contributed by atoms with E-state index in [2.05, 4.69) is 0 Å². The summed E-state index contributed by atoms with van der Waals surface area (Å²) in [5.74, 6) is -115. The third kappa shape index (κ3) is 9.32. The second-order valence-corrected chi connectivity index (χ2v) is 26.2. The van der Waals surface area contributed by atoms with Crippen LogP contribution in [-0.2, 0) is 5.92 Å². The maximum atomic E-state index is 17.7. The first kappa shape index (κ1) is 72.7. The molecule has 0 saturated carbocycles. The molecule has 0 bridgehead atoms. The van der Waals surface area contributed by atoms with Crippen LogP contribution in [0.3, 0.4) is 0 Å². The Labute approximate surface area is 543 Å². The molecule has 0 saturated heterocycles. The van der Waals surface area contributed by atoms with E-state index in [0.29, 0.717) is 18.6 Å². The van der Waals surface area contributed by atoms with Gasteiger partial charge >= 0.3 is 12.1 Å². The summed E-state index contributed by atoms with van der Waals surface area (Å²) in [6.45, 7) is 3.12. The first-order valence-electron chi connectivity index (χ1n) is 28.1. The molecule has 0 heterocycles. The van der Waals surface area contributed by atoms with E-state index in [1.165, 1.54) is 6.66 Å². The highest BCUT2D eigenvalue weighted by Gasteiger charge is 2.67. The molecule has 0 N–H and O–H groups in total. The SMILES string of the molecule is CCC[PH+](C)c1cc(F)c(F)c(C(F)(F)C(F)(F)F)c1F.Fc1cc2c(c(F)c1F)-c1c(F)c(F)c(F)c(F)c1C2[B-](C1c2cc(F)c(F)c(F)c2-c2c(F)c(F)c(F)c(F)c21)(C1c2cc(F)c(F)c(F)c2-c2c(F)c(F)c(F)c(F)c21)C1c2cc(F)c(F)c(F)c2-c2c(F)c(F)c(F)c(F)c21. The van der Waals surface area contributed by atoms with Crippen LogP contribution in [0.15, 0.2) is 30.3 Å². The highest BCUT2D eigenvalue weighted by Crippen LogP contribution is 2.74. The van der Waals surface area contributed by atoms with Gasteiger partial charge in [-0.05, 0) is 52.9 Å². The summed E-state index contributed by atoms with van der Waals surface area (Å²) in [7, 11) is -1.90. The van der Waals surface area contributed by atoms with E-state index in [-0.39, 0.29) is 0 Å². The molecule has 5 atom stereocenters. The summed E-state index contributed by atoms with van der Waals surface area (Å²) < 4.78 is 566. The Morgan fingerprint density at radius 2 is 0.490 bits per heavy atom. The number of rotatable bonds is 8. The molecular formula is C64H20BF36P. The van der Waals surface area contributed by atoms with E-state index in [1.54, 1.807) is 6.92 Å². The van der Waals surface area contributed by atoms with Crippen LogP contribution in [0, 0.1) is 180 Å². The van der Waals surface area contributed by atoms with Crippen LogP contribution in [-0.4, -0.2) is 25.1 Å². The van der Waals surface area contributed by atoms with Crippen LogP contribution in [0.4, 0.5) is 158 Å². The lowest BCUT2D eigenvalue weighted by molar-refractivity contribution is -0.291. The highest BCUT2D eigenvalue weighted by atomic mass is 31.1. The largest absolute Gasteiger partial charge is 0.458 e. The Kier molecular flexibility index (Phi) is 17.1. The molecule has 9 aromatic carbocycles. The van der Waals surface area contributed by atoms with Gasteiger partial charge in [-0.3, -0.25) is 0 Å². The molecule has 4 aliphatic carbocycles. The van der Waals surface area contributed by atoms with Gasteiger partial charge in [-0.25, -0.2) is 136 Å². The van der Waals surface area contributed by atoms with Crippen molar-refractivity contribution in [3.05, 3.63) is 261 Å². The van der Waals surface area contributed by atoms with Crippen molar-refractivity contribution in [2.45, 2.75) is 48.7 Å². The average molecular weight is 1510 g/mol. The van der Waals surface area contributed by atoms with E-state index in [0.717, 1.165) is 0 Å². The van der Waals surface area contributed by atoms with Gasteiger partial charge in [0, 0.05) is 58.5 Å². The smallest absolute Gasteiger partial charge is 0.204 e. The fourth-order valence-electron chi connectivity index (χ4n) is 15.2. The summed E-state index contributed by atoms with van der Waals surface area (Å²) in [6.07, 6.45) is -12.0. The van der Waals surface area contributed by atoms with Crippen molar-refractivity contribution in [2.24, 2.45) is 0 Å². The number of halogens is 36. The van der Waals surface area contributed by atoms with Gasteiger partial charge in [-0.1, -0.05) is 29.2 Å². The fourth-order valence-corrected chi connectivity index (χ4v) is 17.1. The summed E-state index contributed by atoms with van der Waals surface area (Å²) in [6, 6.07) is -2.12. The summed E-state index contributed by atoms with van der Waals surface area (Å²) >= 11 is 0. The third-order valence-electron chi connectivity index (χ3n) is 18.8. The standard InChI is InChI=1S/C52H8BF28.C12H11F8P/c54-9-1-5-13(33(62)29(9)58)17-21(41(70)49(78)45(74)37(17)66)25(5)53(26-6-2-10(55)30(59)34(63)14(6)18-22(26)42(71)50(79)46(75)38(18)67,27-7-3-11(56)31(60)35(64)15(7)19-23(27)43(72)51(80)47(76)39(19)68)28-8-4-12(57)32(61)36(65)16(8)20-24(28)44(73)52(81)48(77)40(20)69;1-3-4-21(2)7-5-6(13)9(14)8(10(7)15)11(16,17)12(18,19)20/h1-4,25-28H;5H,3-4H2,1-2H3/q-1;/p+1. The number of fused-ring (bicyclic) bond motifs is 12. The normalized spacial score (nSPS) is 17.0. The van der Waals surface area contributed by atoms with Gasteiger partial charge < -0.3 is 0 Å². The predicted octanol–water partition coefficient (Wildman–Crippen LogP) is 21.4. The van der Waals surface area contributed by atoms with Crippen molar-refractivity contribution in [2.75, 3.05) is 12.8 Å². The third-order valence-corrected chi connectivity index (χ3v) is 21.3. The van der Waals surface area contributed by atoms with Gasteiger partial charge in [0.15, 0.2) is 180 Å². The summed E-state index contributed by atoms with van der Waals surface area (Å²) in [4.78, 5) is 0. The number of benzene rings is 9. The number of hydrogen-bond acceptors (Lipinski definition) is 0. The zero-order valence-corrected chi connectivity index (χ0v) is 49.8. The number of alkyl halides is 5. The van der Waals surface area contributed by atoms with Crippen molar-refractivity contribution in [1.29, 1.82) is 0 Å². The van der Waals surface area contributed by atoms with Gasteiger partial charge in [-0.2, -0.15) is 22.0 Å².